The lowest BCUT2D eigenvalue weighted by atomic mass is 10.2. The summed E-state index contributed by atoms with van der Waals surface area (Å²) in [6, 6.07) is 7.80. The minimum absolute atomic E-state index is 0.838. The van der Waals surface area contributed by atoms with Crippen LogP contribution in [0.25, 0.3) is 0 Å². The molecule has 0 heterocycles. The number of hydrogen-bond acceptors (Lipinski definition) is 1. The van der Waals surface area contributed by atoms with Crippen LogP contribution in [0.4, 0.5) is 5.69 Å². The van der Waals surface area contributed by atoms with Crippen molar-refractivity contribution in [1.29, 1.82) is 0 Å². The SMILES string of the molecule is C=C/C=C\C=C.Cc1cccc(N)c1. The van der Waals surface area contributed by atoms with E-state index in [0.29, 0.717) is 0 Å². The molecule has 14 heavy (non-hydrogen) atoms. The minimum atomic E-state index is 0.838. The Labute approximate surface area is 86.3 Å². The quantitative estimate of drug-likeness (QED) is 0.556. The summed E-state index contributed by atoms with van der Waals surface area (Å²) in [5.74, 6) is 0. The van der Waals surface area contributed by atoms with Gasteiger partial charge in [-0.15, -0.1) is 0 Å². The lowest BCUT2D eigenvalue weighted by Gasteiger charge is -1.91. The highest BCUT2D eigenvalue weighted by Crippen LogP contribution is 2.03. The first kappa shape index (κ1) is 12.2. The second-order valence-electron chi connectivity index (χ2n) is 2.77. The van der Waals surface area contributed by atoms with Crippen molar-refractivity contribution in [3.8, 4) is 0 Å². The van der Waals surface area contributed by atoms with Crippen LogP contribution in [-0.2, 0) is 0 Å². The second kappa shape index (κ2) is 7.87. The maximum Gasteiger partial charge on any atom is 0.0316 e. The Kier molecular flexibility index (Phi) is 6.88. The molecule has 0 fully saturated rings. The molecule has 74 valence electrons. The first-order valence-corrected chi connectivity index (χ1v) is 4.43. The molecule has 0 saturated heterocycles. The van der Waals surface area contributed by atoms with Gasteiger partial charge < -0.3 is 5.73 Å². The van der Waals surface area contributed by atoms with Crippen LogP contribution in [0.15, 0.2) is 61.7 Å². The van der Waals surface area contributed by atoms with Gasteiger partial charge in [-0.1, -0.05) is 49.6 Å². The predicted octanol–water partition coefficient (Wildman–Crippen LogP) is 3.49. The van der Waals surface area contributed by atoms with E-state index in [4.69, 9.17) is 5.73 Å². The van der Waals surface area contributed by atoms with Gasteiger partial charge in [0.25, 0.3) is 0 Å². The number of allylic oxidation sites excluding steroid dienone is 4. The van der Waals surface area contributed by atoms with E-state index < -0.39 is 0 Å². The highest BCUT2D eigenvalue weighted by Gasteiger charge is 1.81. The fourth-order valence-electron chi connectivity index (χ4n) is 0.827. The summed E-state index contributed by atoms with van der Waals surface area (Å²) in [6.07, 6.45) is 7.07. The molecule has 0 aromatic heterocycles. The van der Waals surface area contributed by atoms with Crippen LogP contribution in [0.5, 0.6) is 0 Å². The third-order valence-electron chi connectivity index (χ3n) is 1.43. The number of aryl methyl sites for hydroxylation is 1. The highest BCUT2D eigenvalue weighted by molar-refractivity contribution is 5.39. The zero-order valence-corrected chi connectivity index (χ0v) is 8.61. The molecule has 0 atom stereocenters. The normalized spacial score (nSPS) is 8.93. The molecule has 1 rings (SSSR count). The summed E-state index contributed by atoms with van der Waals surface area (Å²) in [5, 5.41) is 0. The number of rotatable bonds is 2. The first-order valence-electron chi connectivity index (χ1n) is 4.43. The van der Waals surface area contributed by atoms with E-state index in [1.165, 1.54) is 5.56 Å². The van der Waals surface area contributed by atoms with Crippen molar-refractivity contribution in [3.05, 3.63) is 67.3 Å². The average molecular weight is 187 g/mol. The first-order chi connectivity index (χ1) is 6.70. The average Bonchev–Trinajstić information content (AvgIpc) is 2.15. The van der Waals surface area contributed by atoms with Crippen molar-refractivity contribution in [2.24, 2.45) is 0 Å². The predicted molar refractivity (Wildman–Crippen MR) is 65.1 cm³/mol. The smallest absolute Gasteiger partial charge is 0.0316 e. The molecule has 0 saturated carbocycles. The van der Waals surface area contributed by atoms with Crippen LogP contribution in [0.1, 0.15) is 5.56 Å². The van der Waals surface area contributed by atoms with Gasteiger partial charge in [0.15, 0.2) is 0 Å². The van der Waals surface area contributed by atoms with E-state index in [0.717, 1.165) is 5.69 Å². The van der Waals surface area contributed by atoms with Crippen molar-refractivity contribution >= 4 is 5.69 Å². The molecule has 0 aliphatic heterocycles. The number of hydrogen-bond donors (Lipinski definition) is 1. The molecule has 0 aliphatic carbocycles. The summed E-state index contributed by atoms with van der Waals surface area (Å²) in [7, 11) is 0. The van der Waals surface area contributed by atoms with Gasteiger partial charge in [-0.25, -0.2) is 0 Å². The molecule has 0 aliphatic rings. The van der Waals surface area contributed by atoms with Crippen molar-refractivity contribution in [3.63, 3.8) is 0 Å². The Bertz CT molecular complexity index is 284. The number of nitrogens with two attached hydrogens (primary N) is 1. The van der Waals surface area contributed by atoms with Crippen LogP contribution in [0, 0.1) is 6.92 Å². The van der Waals surface area contributed by atoms with Crippen molar-refractivity contribution in [2.45, 2.75) is 6.92 Å². The third-order valence-corrected chi connectivity index (χ3v) is 1.43. The van der Waals surface area contributed by atoms with Gasteiger partial charge in [0.2, 0.25) is 0 Å². The molecular formula is C13H17N. The van der Waals surface area contributed by atoms with Gasteiger partial charge in [-0.3, -0.25) is 0 Å². The molecule has 0 spiro atoms. The fourth-order valence-corrected chi connectivity index (χ4v) is 0.827. The van der Waals surface area contributed by atoms with Gasteiger partial charge in [-0.2, -0.15) is 0 Å². The largest absolute Gasteiger partial charge is 0.399 e. The van der Waals surface area contributed by atoms with E-state index in [1.54, 1.807) is 12.2 Å². The second-order valence-corrected chi connectivity index (χ2v) is 2.77. The summed E-state index contributed by atoms with van der Waals surface area (Å²) in [5.41, 5.74) is 7.51. The molecule has 2 N–H and O–H groups in total. The summed E-state index contributed by atoms with van der Waals surface area (Å²) < 4.78 is 0. The number of anilines is 1. The molecule has 0 radical (unpaired) electrons. The highest BCUT2D eigenvalue weighted by atomic mass is 14.5. The van der Waals surface area contributed by atoms with Crippen molar-refractivity contribution in [1.82, 2.24) is 0 Å². The monoisotopic (exact) mass is 187 g/mol. The van der Waals surface area contributed by atoms with Crippen LogP contribution in [0.2, 0.25) is 0 Å². The Balaban J connectivity index is 0.000000255. The standard InChI is InChI=1S/C7H9N.C6H8/c1-6-3-2-4-7(8)5-6;1-3-5-6-4-2/h2-5H,8H2,1H3;3-6H,1-2H2/b;6-5-. The third kappa shape index (κ3) is 6.92. The minimum Gasteiger partial charge on any atom is -0.399 e. The summed E-state index contributed by atoms with van der Waals surface area (Å²) >= 11 is 0. The molecule has 1 heteroatoms. The fraction of sp³-hybridized carbons (Fsp3) is 0.0769. The molecule has 1 nitrogen and oxygen atoms in total. The van der Waals surface area contributed by atoms with Crippen molar-refractivity contribution < 1.29 is 0 Å². The molecule has 0 amide bonds. The van der Waals surface area contributed by atoms with E-state index in [2.05, 4.69) is 13.2 Å². The molecular weight excluding hydrogens is 170 g/mol. The Hall–Kier alpha value is -1.76. The summed E-state index contributed by atoms with van der Waals surface area (Å²) in [6.45, 7) is 8.95. The lowest BCUT2D eigenvalue weighted by Crippen LogP contribution is -1.82. The van der Waals surface area contributed by atoms with E-state index >= 15 is 0 Å². The number of nitrogen functional groups attached to an aromatic ring is 1. The maximum atomic E-state index is 5.46. The molecule has 1 aromatic rings. The Morgan fingerprint density at radius 1 is 1.14 bits per heavy atom. The van der Waals surface area contributed by atoms with Gasteiger partial charge in [0, 0.05) is 5.69 Å². The molecule has 1 aromatic carbocycles. The van der Waals surface area contributed by atoms with Crippen LogP contribution in [0.3, 0.4) is 0 Å². The lowest BCUT2D eigenvalue weighted by molar-refractivity contribution is 1.47. The van der Waals surface area contributed by atoms with Crippen LogP contribution >= 0.6 is 0 Å². The Morgan fingerprint density at radius 2 is 1.71 bits per heavy atom. The maximum absolute atomic E-state index is 5.46. The van der Waals surface area contributed by atoms with Gasteiger partial charge in [-0.05, 0) is 24.6 Å². The van der Waals surface area contributed by atoms with Crippen LogP contribution in [-0.4, -0.2) is 0 Å². The molecule has 0 bridgehead atoms. The van der Waals surface area contributed by atoms with E-state index in [9.17, 15) is 0 Å². The van der Waals surface area contributed by atoms with Gasteiger partial charge >= 0.3 is 0 Å². The molecule has 0 unspecified atom stereocenters. The Morgan fingerprint density at radius 3 is 2.00 bits per heavy atom. The van der Waals surface area contributed by atoms with Crippen molar-refractivity contribution in [2.75, 3.05) is 5.73 Å². The zero-order chi connectivity index (χ0) is 10.8. The number of benzene rings is 1. The van der Waals surface area contributed by atoms with E-state index in [-0.39, 0.29) is 0 Å². The van der Waals surface area contributed by atoms with Gasteiger partial charge in [0.1, 0.15) is 0 Å². The summed E-state index contributed by atoms with van der Waals surface area (Å²) in [4.78, 5) is 0. The van der Waals surface area contributed by atoms with Crippen LogP contribution < -0.4 is 5.73 Å². The van der Waals surface area contributed by atoms with E-state index in [1.807, 2.05) is 43.3 Å². The zero-order valence-electron chi connectivity index (χ0n) is 8.61. The topological polar surface area (TPSA) is 26.0 Å². The van der Waals surface area contributed by atoms with Gasteiger partial charge in [0.05, 0.1) is 0 Å².